The summed E-state index contributed by atoms with van der Waals surface area (Å²) in [4.78, 5) is 0. The lowest BCUT2D eigenvalue weighted by Crippen LogP contribution is -2.16. The maximum atomic E-state index is 13.8. The molecule has 2 aromatic rings. The molecular weight excluding hydrogens is 275 g/mol. The van der Waals surface area contributed by atoms with Gasteiger partial charge < -0.3 is 5.73 Å². The van der Waals surface area contributed by atoms with Gasteiger partial charge in [-0.2, -0.15) is 0 Å². The molecule has 0 amide bonds. The summed E-state index contributed by atoms with van der Waals surface area (Å²) in [5.74, 6) is -1.97. The molecule has 1 unspecified atom stereocenters. The van der Waals surface area contributed by atoms with E-state index in [-0.39, 0.29) is 22.6 Å². The molecule has 2 aromatic carbocycles. The van der Waals surface area contributed by atoms with Gasteiger partial charge in [0.05, 0.1) is 5.02 Å². The molecule has 100 valence electrons. The number of halogens is 4. The third-order valence-corrected chi connectivity index (χ3v) is 3.13. The van der Waals surface area contributed by atoms with Crippen LogP contribution < -0.4 is 5.73 Å². The summed E-state index contributed by atoms with van der Waals surface area (Å²) in [5.41, 5.74) is 6.28. The quantitative estimate of drug-likeness (QED) is 0.906. The molecular formula is C14H11ClF3N. The van der Waals surface area contributed by atoms with Crippen molar-refractivity contribution in [3.05, 3.63) is 70.0 Å². The van der Waals surface area contributed by atoms with E-state index in [1.54, 1.807) is 6.07 Å². The highest BCUT2D eigenvalue weighted by Gasteiger charge is 2.16. The lowest BCUT2D eigenvalue weighted by atomic mass is 9.99. The third kappa shape index (κ3) is 3.08. The predicted molar refractivity (Wildman–Crippen MR) is 68.4 cm³/mol. The van der Waals surface area contributed by atoms with Crippen LogP contribution in [0, 0.1) is 17.5 Å². The fourth-order valence-corrected chi connectivity index (χ4v) is 2.02. The highest BCUT2D eigenvalue weighted by Crippen LogP contribution is 2.25. The number of benzene rings is 2. The molecule has 0 heterocycles. The van der Waals surface area contributed by atoms with Gasteiger partial charge in [0.2, 0.25) is 0 Å². The molecule has 0 aliphatic rings. The van der Waals surface area contributed by atoms with Gasteiger partial charge in [-0.1, -0.05) is 29.8 Å². The van der Waals surface area contributed by atoms with Crippen molar-refractivity contribution in [3.8, 4) is 0 Å². The summed E-state index contributed by atoms with van der Waals surface area (Å²) >= 11 is 5.66. The first-order chi connectivity index (χ1) is 8.99. The van der Waals surface area contributed by atoms with Crippen LogP contribution in [-0.2, 0) is 6.42 Å². The Balaban J connectivity index is 2.25. The highest BCUT2D eigenvalue weighted by atomic mass is 35.5. The van der Waals surface area contributed by atoms with Gasteiger partial charge in [-0.15, -0.1) is 0 Å². The monoisotopic (exact) mass is 285 g/mol. The molecule has 0 radical (unpaired) electrons. The highest BCUT2D eigenvalue weighted by molar-refractivity contribution is 6.30. The molecule has 0 saturated carbocycles. The maximum Gasteiger partial charge on any atom is 0.146 e. The van der Waals surface area contributed by atoms with E-state index in [4.69, 9.17) is 17.3 Å². The maximum absolute atomic E-state index is 13.8. The molecule has 1 nitrogen and oxygen atoms in total. The Kier molecular flexibility index (Phi) is 4.12. The van der Waals surface area contributed by atoms with Crippen LogP contribution in [0.15, 0.2) is 36.4 Å². The zero-order chi connectivity index (χ0) is 14.0. The molecule has 0 fully saturated rings. The Bertz CT molecular complexity index is 601. The summed E-state index contributed by atoms with van der Waals surface area (Å²) in [7, 11) is 0. The third-order valence-electron chi connectivity index (χ3n) is 2.84. The van der Waals surface area contributed by atoms with Gasteiger partial charge in [-0.3, -0.25) is 0 Å². The van der Waals surface area contributed by atoms with Crippen molar-refractivity contribution in [1.29, 1.82) is 0 Å². The molecule has 0 spiro atoms. The van der Waals surface area contributed by atoms with Crippen LogP contribution in [0.25, 0.3) is 0 Å². The van der Waals surface area contributed by atoms with E-state index in [2.05, 4.69) is 0 Å². The predicted octanol–water partition coefficient (Wildman–Crippen LogP) is 4.00. The van der Waals surface area contributed by atoms with Crippen LogP contribution in [0.5, 0.6) is 0 Å². The Morgan fingerprint density at radius 1 is 1.11 bits per heavy atom. The average Bonchev–Trinajstić information content (AvgIpc) is 2.36. The van der Waals surface area contributed by atoms with E-state index in [1.165, 1.54) is 18.2 Å². The fraction of sp³-hybridized carbons (Fsp3) is 0.143. The van der Waals surface area contributed by atoms with Gasteiger partial charge in [-0.25, -0.2) is 13.2 Å². The van der Waals surface area contributed by atoms with Gasteiger partial charge in [0, 0.05) is 17.7 Å². The molecule has 0 bridgehead atoms. The Morgan fingerprint density at radius 2 is 1.84 bits per heavy atom. The van der Waals surface area contributed by atoms with Crippen LogP contribution in [0.2, 0.25) is 5.02 Å². The fourth-order valence-electron chi connectivity index (χ4n) is 1.84. The van der Waals surface area contributed by atoms with Gasteiger partial charge in [0.15, 0.2) is 0 Å². The van der Waals surface area contributed by atoms with Crippen molar-refractivity contribution < 1.29 is 13.2 Å². The molecule has 2 N–H and O–H groups in total. The van der Waals surface area contributed by atoms with E-state index in [1.807, 2.05) is 0 Å². The molecule has 0 aliphatic carbocycles. The summed E-state index contributed by atoms with van der Waals surface area (Å²) in [6.07, 6.45) is 0.0589. The van der Waals surface area contributed by atoms with E-state index in [0.717, 1.165) is 12.1 Å². The van der Waals surface area contributed by atoms with Crippen LogP contribution in [-0.4, -0.2) is 0 Å². The first-order valence-electron chi connectivity index (χ1n) is 5.62. The van der Waals surface area contributed by atoms with Crippen molar-refractivity contribution in [2.45, 2.75) is 12.5 Å². The number of hydrogen-bond donors (Lipinski definition) is 1. The van der Waals surface area contributed by atoms with Crippen LogP contribution in [0.4, 0.5) is 13.2 Å². The molecule has 5 heteroatoms. The van der Waals surface area contributed by atoms with E-state index < -0.39 is 23.5 Å². The van der Waals surface area contributed by atoms with Gasteiger partial charge in [0.1, 0.15) is 17.5 Å². The number of rotatable bonds is 3. The SMILES string of the molecule is NC(Cc1ccc(F)cc1F)c1cccc(Cl)c1F. The second-order valence-corrected chi connectivity index (χ2v) is 4.60. The van der Waals surface area contributed by atoms with E-state index in [0.29, 0.717) is 0 Å². The van der Waals surface area contributed by atoms with Crippen molar-refractivity contribution in [3.63, 3.8) is 0 Å². The van der Waals surface area contributed by atoms with Gasteiger partial charge >= 0.3 is 0 Å². The summed E-state index contributed by atoms with van der Waals surface area (Å²) < 4.78 is 40.0. The molecule has 0 aromatic heterocycles. The summed E-state index contributed by atoms with van der Waals surface area (Å²) in [5, 5.41) is -0.0347. The molecule has 0 saturated heterocycles. The van der Waals surface area contributed by atoms with Crippen LogP contribution in [0.3, 0.4) is 0 Å². The number of nitrogens with two attached hydrogens (primary N) is 1. The largest absolute Gasteiger partial charge is 0.324 e. The Hall–Kier alpha value is -1.52. The van der Waals surface area contributed by atoms with Crippen molar-refractivity contribution in [2.75, 3.05) is 0 Å². The zero-order valence-electron chi connectivity index (χ0n) is 9.84. The Morgan fingerprint density at radius 3 is 2.53 bits per heavy atom. The van der Waals surface area contributed by atoms with Crippen molar-refractivity contribution in [2.24, 2.45) is 5.73 Å². The van der Waals surface area contributed by atoms with Crippen LogP contribution in [0.1, 0.15) is 17.2 Å². The number of hydrogen-bond acceptors (Lipinski definition) is 1. The average molecular weight is 286 g/mol. The van der Waals surface area contributed by atoms with Gasteiger partial charge in [0.25, 0.3) is 0 Å². The first kappa shape index (κ1) is 13.9. The van der Waals surface area contributed by atoms with Crippen LogP contribution >= 0.6 is 11.6 Å². The lowest BCUT2D eigenvalue weighted by Gasteiger charge is -2.14. The topological polar surface area (TPSA) is 26.0 Å². The van der Waals surface area contributed by atoms with E-state index >= 15 is 0 Å². The standard InChI is InChI=1S/C14H11ClF3N/c15-11-3-1-2-10(14(11)18)13(19)6-8-4-5-9(16)7-12(8)17/h1-5,7,13H,6,19H2. The smallest absolute Gasteiger partial charge is 0.146 e. The van der Waals surface area contributed by atoms with Crippen molar-refractivity contribution >= 4 is 11.6 Å². The lowest BCUT2D eigenvalue weighted by molar-refractivity contribution is 0.550. The molecule has 0 aliphatic heterocycles. The first-order valence-corrected chi connectivity index (χ1v) is 6.00. The molecule has 2 rings (SSSR count). The van der Waals surface area contributed by atoms with Crippen molar-refractivity contribution in [1.82, 2.24) is 0 Å². The normalized spacial score (nSPS) is 12.5. The minimum absolute atomic E-state index is 0.0347. The van der Waals surface area contributed by atoms with E-state index in [9.17, 15) is 13.2 Å². The minimum Gasteiger partial charge on any atom is -0.324 e. The zero-order valence-corrected chi connectivity index (χ0v) is 10.6. The molecule has 1 atom stereocenters. The summed E-state index contributed by atoms with van der Waals surface area (Å²) in [6.45, 7) is 0. The second-order valence-electron chi connectivity index (χ2n) is 4.19. The second kappa shape index (κ2) is 5.63. The van der Waals surface area contributed by atoms with Gasteiger partial charge in [-0.05, 0) is 24.1 Å². The minimum atomic E-state index is -0.751. The Labute approximate surface area is 113 Å². The molecule has 19 heavy (non-hydrogen) atoms. The summed E-state index contributed by atoms with van der Waals surface area (Å²) in [6, 6.07) is 6.93.